The fourth-order valence-electron chi connectivity index (χ4n) is 2.83. The van der Waals surface area contributed by atoms with Gasteiger partial charge in [-0.05, 0) is 25.7 Å². The summed E-state index contributed by atoms with van der Waals surface area (Å²) in [4.78, 5) is 8.84. The lowest BCUT2D eigenvalue weighted by Crippen LogP contribution is -2.22. The third kappa shape index (κ3) is 2.27. The van der Waals surface area contributed by atoms with Gasteiger partial charge in [0.2, 0.25) is 0 Å². The Morgan fingerprint density at radius 3 is 2.83 bits per heavy atom. The van der Waals surface area contributed by atoms with Gasteiger partial charge < -0.3 is 15.7 Å². The van der Waals surface area contributed by atoms with Crippen molar-refractivity contribution < 1.29 is 5.11 Å². The first-order chi connectivity index (χ1) is 8.86. The van der Waals surface area contributed by atoms with Crippen LogP contribution >= 0.6 is 0 Å². The van der Waals surface area contributed by atoms with Gasteiger partial charge in [0.1, 0.15) is 6.61 Å². The van der Waals surface area contributed by atoms with E-state index in [9.17, 15) is 5.11 Å². The molecule has 0 atom stereocenters. The van der Waals surface area contributed by atoms with E-state index in [1.807, 2.05) is 0 Å². The number of nitrogens with one attached hydrogen (secondary N) is 2. The van der Waals surface area contributed by atoms with E-state index in [0.29, 0.717) is 11.9 Å². The van der Waals surface area contributed by atoms with Crippen LogP contribution in [-0.4, -0.2) is 27.7 Å². The number of hydrogen-bond donors (Lipinski definition) is 3. The highest BCUT2D eigenvalue weighted by atomic mass is 16.3. The average molecular weight is 248 g/mol. The zero-order valence-electron chi connectivity index (χ0n) is 10.6. The number of aryl methyl sites for hydroxylation is 1. The van der Waals surface area contributed by atoms with E-state index >= 15 is 0 Å². The molecule has 2 heterocycles. The molecule has 0 radical (unpaired) electrons. The Balaban J connectivity index is 1.89. The maximum Gasteiger partial charge on any atom is 0.156 e. The maximum absolute atomic E-state index is 9.25. The van der Waals surface area contributed by atoms with Crippen LogP contribution in [0.4, 0.5) is 11.5 Å². The van der Waals surface area contributed by atoms with Crippen LogP contribution in [-0.2, 0) is 13.0 Å². The number of rotatable bonds is 3. The summed E-state index contributed by atoms with van der Waals surface area (Å²) in [6.07, 6.45) is 7.09. The molecular formula is C13H20N4O. The molecule has 3 rings (SSSR count). The van der Waals surface area contributed by atoms with Crippen LogP contribution in [0, 0.1) is 0 Å². The molecule has 5 nitrogen and oxygen atoms in total. The van der Waals surface area contributed by atoms with Crippen molar-refractivity contribution in [3.05, 3.63) is 11.5 Å². The molecule has 0 amide bonds. The average Bonchev–Trinajstić information content (AvgIpc) is 2.91. The highest BCUT2D eigenvalue weighted by Gasteiger charge is 2.21. The minimum Gasteiger partial charge on any atom is -0.388 e. The first-order valence-electron chi connectivity index (χ1n) is 6.88. The quantitative estimate of drug-likeness (QED) is 0.759. The highest BCUT2D eigenvalue weighted by Crippen LogP contribution is 2.30. The summed E-state index contributed by atoms with van der Waals surface area (Å²) >= 11 is 0. The van der Waals surface area contributed by atoms with Gasteiger partial charge in [0.25, 0.3) is 0 Å². The Labute approximate surface area is 107 Å². The van der Waals surface area contributed by atoms with Gasteiger partial charge in [0.15, 0.2) is 11.6 Å². The smallest absolute Gasteiger partial charge is 0.156 e. The molecule has 1 saturated carbocycles. The Morgan fingerprint density at radius 2 is 2.06 bits per heavy atom. The summed E-state index contributed by atoms with van der Waals surface area (Å²) in [5.74, 6) is 1.41. The first-order valence-corrected chi connectivity index (χ1v) is 6.88. The second kappa shape index (κ2) is 5.10. The van der Waals surface area contributed by atoms with Crippen molar-refractivity contribution in [2.45, 2.75) is 51.2 Å². The molecule has 98 valence electrons. The number of hydrogen-bond acceptors (Lipinski definition) is 5. The lowest BCUT2D eigenvalue weighted by molar-refractivity contribution is 0.271. The molecule has 1 aliphatic carbocycles. The number of aromatic nitrogens is 2. The van der Waals surface area contributed by atoms with Gasteiger partial charge in [-0.1, -0.05) is 12.8 Å². The van der Waals surface area contributed by atoms with Crippen LogP contribution in [0.15, 0.2) is 0 Å². The second-order valence-electron chi connectivity index (χ2n) is 5.12. The fraction of sp³-hybridized carbons (Fsp3) is 0.692. The summed E-state index contributed by atoms with van der Waals surface area (Å²) < 4.78 is 0. The first kappa shape index (κ1) is 11.7. The number of aliphatic hydroxyl groups excluding tert-OH is 1. The third-order valence-electron chi connectivity index (χ3n) is 3.76. The van der Waals surface area contributed by atoms with Crippen LogP contribution in [0.5, 0.6) is 0 Å². The molecule has 2 aliphatic rings. The molecule has 0 saturated heterocycles. The Bertz CT molecular complexity index is 429. The van der Waals surface area contributed by atoms with Crippen molar-refractivity contribution >= 4 is 11.5 Å². The fourth-order valence-corrected chi connectivity index (χ4v) is 2.83. The summed E-state index contributed by atoms with van der Waals surface area (Å²) in [7, 11) is 0. The molecule has 1 aliphatic heterocycles. The third-order valence-corrected chi connectivity index (χ3v) is 3.76. The van der Waals surface area contributed by atoms with Crippen LogP contribution in [0.2, 0.25) is 0 Å². The Hall–Kier alpha value is -1.36. The topological polar surface area (TPSA) is 70.1 Å². The largest absolute Gasteiger partial charge is 0.388 e. The molecule has 0 bridgehead atoms. The second-order valence-corrected chi connectivity index (χ2v) is 5.12. The van der Waals surface area contributed by atoms with E-state index < -0.39 is 0 Å². The molecule has 5 heteroatoms. The van der Waals surface area contributed by atoms with Crippen LogP contribution in [0.3, 0.4) is 0 Å². The van der Waals surface area contributed by atoms with E-state index in [2.05, 4.69) is 20.6 Å². The molecule has 1 aromatic rings. The van der Waals surface area contributed by atoms with E-state index in [4.69, 9.17) is 0 Å². The minimum absolute atomic E-state index is 0.0906. The molecule has 0 unspecified atom stereocenters. The summed E-state index contributed by atoms with van der Waals surface area (Å²) in [5, 5.41) is 16.2. The van der Waals surface area contributed by atoms with Gasteiger partial charge in [0.05, 0.1) is 11.4 Å². The summed E-state index contributed by atoms with van der Waals surface area (Å²) in [6.45, 7) is 0.890. The Kier molecular flexibility index (Phi) is 3.32. The van der Waals surface area contributed by atoms with Crippen molar-refractivity contribution in [3.8, 4) is 0 Å². The zero-order valence-corrected chi connectivity index (χ0v) is 10.6. The van der Waals surface area contributed by atoms with E-state index in [1.165, 1.54) is 25.7 Å². The molecule has 1 aromatic heterocycles. The van der Waals surface area contributed by atoms with Crippen molar-refractivity contribution in [1.82, 2.24) is 9.97 Å². The SMILES string of the molecule is OCc1nc2c(c(NC3CCCC3)n1)NCCC2. The van der Waals surface area contributed by atoms with E-state index in [0.717, 1.165) is 36.6 Å². The summed E-state index contributed by atoms with van der Waals surface area (Å²) in [6, 6.07) is 0.527. The maximum atomic E-state index is 9.25. The zero-order chi connectivity index (χ0) is 12.4. The highest BCUT2D eigenvalue weighted by molar-refractivity contribution is 5.68. The van der Waals surface area contributed by atoms with Crippen LogP contribution in [0.25, 0.3) is 0 Å². The Morgan fingerprint density at radius 1 is 1.22 bits per heavy atom. The van der Waals surface area contributed by atoms with Gasteiger partial charge >= 0.3 is 0 Å². The number of nitrogens with zero attached hydrogens (tertiary/aromatic N) is 2. The predicted octanol–water partition coefficient (Wildman–Crippen LogP) is 1.68. The van der Waals surface area contributed by atoms with Crippen molar-refractivity contribution in [2.75, 3.05) is 17.2 Å². The van der Waals surface area contributed by atoms with Crippen molar-refractivity contribution in [1.29, 1.82) is 0 Å². The van der Waals surface area contributed by atoms with Gasteiger partial charge in [-0.3, -0.25) is 0 Å². The standard InChI is InChI=1S/C13H20N4O/c18-8-11-16-10-6-3-7-14-12(10)13(17-11)15-9-4-1-2-5-9/h9,14,18H,1-8H2,(H,15,16,17). The van der Waals surface area contributed by atoms with Crippen molar-refractivity contribution in [3.63, 3.8) is 0 Å². The van der Waals surface area contributed by atoms with Crippen LogP contribution < -0.4 is 10.6 Å². The van der Waals surface area contributed by atoms with E-state index in [1.54, 1.807) is 0 Å². The molecular weight excluding hydrogens is 228 g/mol. The van der Waals surface area contributed by atoms with E-state index in [-0.39, 0.29) is 6.61 Å². The summed E-state index contributed by atoms with van der Waals surface area (Å²) in [5.41, 5.74) is 2.09. The molecule has 0 aromatic carbocycles. The molecule has 0 spiro atoms. The van der Waals surface area contributed by atoms with Gasteiger partial charge in [-0.15, -0.1) is 0 Å². The van der Waals surface area contributed by atoms with Gasteiger partial charge in [-0.2, -0.15) is 0 Å². The van der Waals surface area contributed by atoms with Crippen molar-refractivity contribution in [2.24, 2.45) is 0 Å². The lowest BCUT2D eigenvalue weighted by Gasteiger charge is -2.23. The van der Waals surface area contributed by atoms with Gasteiger partial charge in [0, 0.05) is 12.6 Å². The number of aliphatic hydroxyl groups is 1. The molecule has 1 fully saturated rings. The lowest BCUT2D eigenvalue weighted by atomic mass is 10.1. The monoisotopic (exact) mass is 248 g/mol. The number of anilines is 2. The predicted molar refractivity (Wildman–Crippen MR) is 70.6 cm³/mol. The van der Waals surface area contributed by atoms with Crippen LogP contribution in [0.1, 0.15) is 43.6 Å². The van der Waals surface area contributed by atoms with Gasteiger partial charge in [-0.25, -0.2) is 9.97 Å². The normalized spacial score (nSPS) is 19.4. The number of fused-ring (bicyclic) bond motifs is 1. The molecule has 3 N–H and O–H groups in total. The molecule has 18 heavy (non-hydrogen) atoms. The minimum atomic E-state index is -0.0906.